The van der Waals surface area contributed by atoms with Crippen molar-refractivity contribution in [1.29, 1.82) is 0 Å². The maximum absolute atomic E-state index is 6.24. The average molecular weight is 317 g/mol. The quantitative estimate of drug-likeness (QED) is 0.878. The third kappa shape index (κ3) is 2.07. The first-order valence-corrected chi connectivity index (χ1v) is 8.08. The standard InChI is InChI=1S/C16H23N5O2/c1-5-9-13-14(23-16(2,3)22-13)12(21(9)4)8-6-18-11-10(8)19-7-20-15(11)17/h6-7,9,12-14,18H,5H2,1-4H3,(H2,17,19,20). The molecule has 2 aromatic rings. The first-order chi connectivity index (χ1) is 10.9. The number of nitrogens with two attached hydrogens (primary N) is 1. The highest BCUT2D eigenvalue weighted by Crippen LogP contribution is 2.48. The number of nitrogens with one attached hydrogen (secondary N) is 1. The van der Waals surface area contributed by atoms with E-state index in [0.717, 1.165) is 23.0 Å². The Balaban J connectivity index is 1.81. The molecule has 0 saturated carbocycles. The molecule has 3 N–H and O–H groups in total. The second kappa shape index (κ2) is 4.90. The van der Waals surface area contributed by atoms with Gasteiger partial charge in [0, 0.05) is 17.8 Å². The van der Waals surface area contributed by atoms with Crippen molar-refractivity contribution in [2.75, 3.05) is 12.8 Å². The summed E-state index contributed by atoms with van der Waals surface area (Å²) in [6, 6.07) is 0.394. The first kappa shape index (κ1) is 14.9. The van der Waals surface area contributed by atoms with Gasteiger partial charge in [0.1, 0.15) is 24.1 Å². The molecule has 2 aliphatic rings. The smallest absolute Gasteiger partial charge is 0.163 e. The molecule has 0 spiro atoms. The van der Waals surface area contributed by atoms with Gasteiger partial charge in [-0.15, -0.1) is 0 Å². The molecule has 2 saturated heterocycles. The fraction of sp³-hybridized carbons (Fsp3) is 0.625. The Morgan fingerprint density at radius 1 is 1.30 bits per heavy atom. The van der Waals surface area contributed by atoms with Crippen molar-refractivity contribution in [1.82, 2.24) is 19.9 Å². The molecule has 0 bridgehead atoms. The van der Waals surface area contributed by atoms with E-state index in [0.29, 0.717) is 11.9 Å². The van der Waals surface area contributed by atoms with Gasteiger partial charge in [-0.1, -0.05) is 6.92 Å². The van der Waals surface area contributed by atoms with Crippen LogP contribution in [0.15, 0.2) is 12.5 Å². The lowest BCUT2D eigenvalue weighted by atomic mass is 10.0. The number of likely N-dealkylation sites (N-methyl/N-ethyl adjacent to an activating group) is 1. The number of aromatic nitrogens is 3. The molecule has 0 radical (unpaired) electrons. The lowest BCUT2D eigenvalue weighted by Gasteiger charge is -2.30. The van der Waals surface area contributed by atoms with Crippen LogP contribution in [0.3, 0.4) is 0 Å². The molecular weight excluding hydrogens is 294 g/mol. The zero-order valence-electron chi connectivity index (χ0n) is 13.9. The fourth-order valence-electron chi connectivity index (χ4n) is 4.15. The van der Waals surface area contributed by atoms with Crippen molar-refractivity contribution in [2.24, 2.45) is 0 Å². The predicted molar refractivity (Wildman–Crippen MR) is 86.7 cm³/mol. The van der Waals surface area contributed by atoms with Crippen molar-refractivity contribution in [3.05, 3.63) is 18.1 Å². The van der Waals surface area contributed by atoms with Crippen LogP contribution in [0, 0.1) is 0 Å². The van der Waals surface area contributed by atoms with Gasteiger partial charge in [0.2, 0.25) is 0 Å². The molecule has 124 valence electrons. The Morgan fingerprint density at radius 3 is 2.78 bits per heavy atom. The van der Waals surface area contributed by atoms with E-state index < -0.39 is 5.79 Å². The first-order valence-electron chi connectivity index (χ1n) is 8.08. The predicted octanol–water partition coefficient (Wildman–Crippen LogP) is 1.83. The van der Waals surface area contributed by atoms with Gasteiger partial charge >= 0.3 is 0 Å². The molecule has 4 unspecified atom stereocenters. The van der Waals surface area contributed by atoms with Crippen LogP contribution in [-0.2, 0) is 9.47 Å². The van der Waals surface area contributed by atoms with Crippen LogP contribution in [0.5, 0.6) is 0 Å². The summed E-state index contributed by atoms with van der Waals surface area (Å²) in [6.45, 7) is 6.14. The summed E-state index contributed by atoms with van der Waals surface area (Å²) in [6.07, 6.45) is 4.53. The number of aromatic amines is 1. The van der Waals surface area contributed by atoms with Crippen molar-refractivity contribution >= 4 is 16.9 Å². The summed E-state index contributed by atoms with van der Waals surface area (Å²) in [7, 11) is 2.13. The Hall–Kier alpha value is -1.70. The van der Waals surface area contributed by atoms with E-state index >= 15 is 0 Å². The number of anilines is 1. The third-order valence-corrected chi connectivity index (χ3v) is 5.07. The van der Waals surface area contributed by atoms with Crippen LogP contribution in [0.25, 0.3) is 11.0 Å². The number of nitrogen functional groups attached to an aromatic ring is 1. The normalized spacial score (nSPS) is 33.4. The number of hydrogen-bond donors (Lipinski definition) is 2. The lowest BCUT2D eigenvalue weighted by Crippen LogP contribution is -2.36. The van der Waals surface area contributed by atoms with Gasteiger partial charge in [0.15, 0.2) is 11.6 Å². The van der Waals surface area contributed by atoms with E-state index in [4.69, 9.17) is 15.2 Å². The van der Waals surface area contributed by atoms with Gasteiger partial charge in [-0.2, -0.15) is 0 Å². The van der Waals surface area contributed by atoms with Crippen LogP contribution in [0.1, 0.15) is 38.8 Å². The molecule has 0 amide bonds. The minimum absolute atomic E-state index is 0.0184. The van der Waals surface area contributed by atoms with Crippen molar-refractivity contribution < 1.29 is 9.47 Å². The zero-order chi connectivity index (χ0) is 16.4. The van der Waals surface area contributed by atoms with E-state index in [1.807, 2.05) is 20.0 Å². The molecule has 23 heavy (non-hydrogen) atoms. The molecule has 4 rings (SSSR count). The molecule has 7 heteroatoms. The minimum atomic E-state index is -0.553. The zero-order valence-corrected chi connectivity index (χ0v) is 13.9. The average Bonchev–Trinajstić information content (AvgIpc) is 3.09. The number of H-pyrrole nitrogens is 1. The Kier molecular flexibility index (Phi) is 3.16. The third-order valence-electron chi connectivity index (χ3n) is 5.07. The van der Waals surface area contributed by atoms with E-state index in [2.05, 4.69) is 33.8 Å². The van der Waals surface area contributed by atoms with Gasteiger partial charge in [0.05, 0.1) is 11.6 Å². The van der Waals surface area contributed by atoms with Gasteiger partial charge in [0.25, 0.3) is 0 Å². The summed E-state index contributed by atoms with van der Waals surface area (Å²) in [5.74, 6) is -0.0861. The van der Waals surface area contributed by atoms with Crippen LogP contribution >= 0.6 is 0 Å². The summed E-state index contributed by atoms with van der Waals surface area (Å²) >= 11 is 0. The van der Waals surface area contributed by atoms with Crippen molar-refractivity contribution in [2.45, 2.75) is 57.3 Å². The number of likely N-dealkylation sites (tertiary alicyclic amines) is 1. The summed E-state index contributed by atoms with van der Waals surface area (Å²) in [5, 5.41) is 0. The number of nitrogens with zero attached hydrogens (tertiary/aromatic N) is 3. The van der Waals surface area contributed by atoms with Gasteiger partial charge in [-0.25, -0.2) is 9.97 Å². The van der Waals surface area contributed by atoms with E-state index in [1.165, 1.54) is 6.33 Å². The van der Waals surface area contributed by atoms with E-state index in [-0.39, 0.29) is 18.2 Å². The topological polar surface area (TPSA) is 89.3 Å². The second-order valence-electron chi connectivity index (χ2n) is 6.88. The Bertz CT molecular complexity index is 743. The summed E-state index contributed by atoms with van der Waals surface area (Å²) in [5.41, 5.74) is 8.68. The summed E-state index contributed by atoms with van der Waals surface area (Å²) in [4.78, 5) is 14.0. The molecule has 7 nitrogen and oxygen atoms in total. The highest BCUT2D eigenvalue weighted by atomic mass is 16.8. The number of fused-ring (bicyclic) bond motifs is 2. The van der Waals surface area contributed by atoms with Crippen molar-refractivity contribution in [3.8, 4) is 0 Å². The molecule has 0 aromatic carbocycles. The molecular formula is C16H23N5O2. The SMILES string of the molecule is CCC1C2OC(C)(C)OC2C(c2c[nH]c3c(N)ncnc23)N1C. The lowest BCUT2D eigenvalue weighted by molar-refractivity contribution is -0.166. The van der Waals surface area contributed by atoms with Crippen LogP contribution in [0.4, 0.5) is 5.82 Å². The maximum atomic E-state index is 6.24. The van der Waals surface area contributed by atoms with Crippen LogP contribution < -0.4 is 5.73 Å². The molecule has 4 heterocycles. The molecule has 0 aliphatic carbocycles. The van der Waals surface area contributed by atoms with Crippen LogP contribution in [-0.4, -0.2) is 50.9 Å². The largest absolute Gasteiger partial charge is 0.382 e. The second-order valence-corrected chi connectivity index (χ2v) is 6.88. The molecule has 4 atom stereocenters. The number of rotatable bonds is 2. The van der Waals surface area contributed by atoms with Gasteiger partial charge in [-0.05, 0) is 27.3 Å². The highest BCUT2D eigenvalue weighted by Gasteiger charge is 2.56. The highest BCUT2D eigenvalue weighted by molar-refractivity contribution is 5.87. The number of ether oxygens (including phenoxy) is 2. The molecule has 2 aromatic heterocycles. The van der Waals surface area contributed by atoms with Crippen molar-refractivity contribution in [3.63, 3.8) is 0 Å². The van der Waals surface area contributed by atoms with E-state index in [9.17, 15) is 0 Å². The minimum Gasteiger partial charge on any atom is -0.382 e. The summed E-state index contributed by atoms with van der Waals surface area (Å²) < 4.78 is 12.4. The van der Waals surface area contributed by atoms with Gasteiger partial charge in [-0.3, -0.25) is 4.90 Å². The maximum Gasteiger partial charge on any atom is 0.163 e. The monoisotopic (exact) mass is 317 g/mol. The van der Waals surface area contributed by atoms with Gasteiger partial charge < -0.3 is 20.2 Å². The Labute approximate surface area is 135 Å². The molecule has 2 aliphatic heterocycles. The van der Waals surface area contributed by atoms with E-state index in [1.54, 1.807) is 0 Å². The fourth-order valence-corrected chi connectivity index (χ4v) is 4.15. The number of hydrogen-bond acceptors (Lipinski definition) is 6. The molecule has 2 fully saturated rings. The van der Waals surface area contributed by atoms with Crippen LogP contribution in [0.2, 0.25) is 0 Å². The Morgan fingerprint density at radius 2 is 2.04 bits per heavy atom.